The molecular weight excluding hydrogens is 239 g/mol. The van der Waals surface area contributed by atoms with Gasteiger partial charge < -0.3 is 10.0 Å². The molecule has 0 unspecified atom stereocenters. The quantitative estimate of drug-likeness (QED) is 0.755. The molecule has 0 aromatic rings. The van der Waals surface area contributed by atoms with Gasteiger partial charge in [-0.25, -0.2) is 4.79 Å². The number of likely N-dealkylation sites (tertiary alicyclic amines) is 1. The monoisotopic (exact) mass is 251 g/mol. The van der Waals surface area contributed by atoms with Gasteiger partial charge in [-0.3, -0.25) is 4.79 Å². The summed E-state index contributed by atoms with van der Waals surface area (Å²) in [5.74, 6) is -2.99. The zero-order valence-corrected chi connectivity index (χ0v) is 8.91. The maximum atomic E-state index is 12.1. The smallest absolute Gasteiger partial charge is 0.471 e. The van der Waals surface area contributed by atoms with Gasteiger partial charge in [-0.1, -0.05) is 6.08 Å². The van der Waals surface area contributed by atoms with Gasteiger partial charge in [-0.05, 0) is 18.8 Å². The van der Waals surface area contributed by atoms with Gasteiger partial charge in [0.25, 0.3) is 0 Å². The maximum absolute atomic E-state index is 12.1. The van der Waals surface area contributed by atoms with Crippen molar-refractivity contribution in [1.82, 2.24) is 4.90 Å². The number of halogens is 3. The van der Waals surface area contributed by atoms with E-state index in [1.165, 1.54) is 6.08 Å². The van der Waals surface area contributed by atoms with E-state index in [0.717, 1.165) is 11.0 Å². The van der Waals surface area contributed by atoms with Crippen LogP contribution in [-0.4, -0.2) is 41.1 Å². The predicted molar refractivity (Wildman–Crippen MR) is 52.1 cm³/mol. The molecule has 1 heterocycles. The third kappa shape index (κ3) is 4.08. The minimum atomic E-state index is -4.83. The fraction of sp³-hybridized carbons (Fsp3) is 0.600. The van der Waals surface area contributed by atoms with Gasteiger partial charge in [0, 0.05) is 19.2 Å². The van der Waals surface area contributed by atoms with Crippen molar-refractivity contribution < 1.29 is 27.9 Å². The van der Waals surface area contributed by atoms with Gasteiger partial charge in [0.15, 0.2) is 0 Å². The van der Waals surface area contributed by atoms with E-state index in [1.807, 2.05) is 0 Å². The third-order valence-electron chi connectivity index (χ3n) is 2.58. The average Bonchev–Trinajstić information content (AvgIpc) is 2.25. The minimum Gasteiger partial charge on any atom is -0.478 e. The van der Waals surface area contributed by atoms with E-state index in [9.17, 15) is 22.8 Å². The Morgan fingerprint density at radius 3 is 2.18 bits per heavy atom. The number of nitrogens with zero attached hydrogens (tertiary/aromatic N) is 1. The lowest BCUT2D eigenvalue weighted by Crippen LogP contribution is -2.45. The molecule has 4 nitrogen and oxygen atoms in total. The molecule has 1 N–H and O–H groups in total. The molecule has 0 aliphatic carbocycles. The van der Waals surface area contributed by atoms with Crippen molar-refractivity contribution in [1.29, 1.82) is 0 Å². The van der Waals surface area contributed by atoms with Crippen molar-refractivity contribution in [2.75, 3.05) is 13.1 Å². The number of rotatable bonds is 2. The Morgan fingerprint density at radius 2 is 1.76 bits per heavy atom. The van der Waals surface area contributed by atoms with E-state index in [2.05, 4.69) is 0 Å². The van der Waals surface area contributed by atoms with Crippen LogP contribution in [0.3, 0.4) is 0 Å². The zero-order valence-electron chi connectivity index (χ0n) is 8.91. The SMILES string of the molecule is O=C(O)/C=C/C1CCN(C(=O)C(F)(F)F)CC1. The maximum Gasteiger partial charge on any atom is 0.471 e. The number of hydrogen-bond acceptors (Lipinski definition) is 2. The Hall–Kier alpha value is -1.53. The van der Waals surface area contributed by atoms with E-state index in [0.29, 0.717) is 12.8 Å². The van der Waals surface area contributed by atoms with Gasteiger partial charge in [0.05, 0.1) is 0 Å². The fourth-order valence-electron chi connectivity index (χ4n) is 1.69. The molecule has 0 atom stereocenters. The van der Waals surface area contributed by atoms with Gasteiger partial charge in [0.1, 0.15) is 0 Å². The summed E-state index contributed by atoms with van der Waals surface area (Å²) in [4.78, 5) is 21.9. The molecule has 0 spiro atoms. The molecule has 1 rings (SSSR count). The number of carboxylic acid groups (broad SMARTS) is 1. The summed E-state index contributed by atoms with van der Waals surface area (Å²) < 4.78 is 36.3. The Balaban J connectivity index is 2.46. The average molecular weight is 251 g/mol. The van der Waals surface area contributed by atoms with Crippen molar-refractivity contribution in [3.63, 3.8) is 0 Å². The van der Waals surface area contributed by atoms with Gasteiger partial charge in [-0.2, -0.15) is 13.2 Å². The van der Waals surface area contributed by atoms with Crippen LogP contribution in [0.5, 0.6) is 0 Å². The molecule has 96 valence electrons. The lowest BCUT2D eigenvalue weighted by Gasteiger charge is -2.31. The van der Waals surface area contributed by atoms with Crippen molar-refractivity contribution >= 4 is 11.9 Å². The summed E-state index contributed by atoms with van der Waals surface area (Å²) in [6.45, 7) is 0.0138. The third-order valence-corrected chi connectivity index (χ3v) is 2.58. The van der Waals surface area contributed by atoms with Crippen LogP contribution in [0.1, 0.15) is 12.8 Å². The molecule has 1 aliphatic rings. The van der Waals surface area contributed by atoms with E-state index >= 15 is 0 Å². The summed E-state index contributed by atoms with van der Waals surface area (Å²) >= 11 is 0. The van der Waals surface area contributed by atoms with E-state index in [-0.39, 0.29) is 19.0 Å². The first-order valence-corrected chi connectivity index (χ1v) is 5.08. The summed E-state index contributed by atoms with van der Waals surface area (Å²) in [5, 5.41) is 8.39. The first-order chi connectivity index (χ1) is 7.80. The highest BCUT2D eigenvalue weighted by molar-refractivity contribution is 5.82. The number of allylic oxidation sites excluding steroid dienone is 1. The molecular formula is C10H12F3NO3. The van der Waals surface area contributed by atoms with Crippen molar-refractivity contribution in [2.24, 2.45) is 5.92 Å². The predicted octanol–water partition coefficient (Wildman–Crippen LogP) is 1.43. The number of hydrogen-bond donors (Lipinski definition) is 1. The Kier molecular flexibility index (Phi) is 4.14. The van der Waals surface area contributed by atoms with Crippen LogP contribution < -0.4 is 0 Å². The normalized spacial score (nSPS) is 18.6. The van der Waals surface area contributed by atoms with Crippen LogP contribution in [0, 0.1) is 5.92 Å². The summed E-state index contributed by atoms with van der Waals surface area (Å²) in [6.07, 6.45) is -1.69. The Labute approximate surface area is 95.7 Å². The van der Waals surface area contributed by atoms with E-state index < -0.39 is 18.1 Å². The summed E-state index contributed by atoms with van der Waals surface area (Å²) in [7, 11) is 0. The highest BCUT2D eigenvalue weighted by Gasteiger charge is 2.43. The van der Waals surface area contributed by atoms with Crippen LogP contribution in [0.2, 0.25) is 0 Å². The summed E-state index contributed by atoms with van der Waals surface area (Å²) in [5.41, 5.74) is 0. The van der Waals surface area contributed by atoms with Crippen LogP contribution in [0.15, 0.2) is 12.2 Å². The second-order valence-corrected chi connectivity index (χ2v) is 3.82. The Bertz CT molecular complexity index is 330. The number of piperidine rings is 1. The number of alkyl halides is 3. The lowest BCUT2D eigenvalue weighted by molar-refractivity contribution is -0.186. The van der Waals surface area contributed by atoms with Gasteiger partial charge in [0.2, 0.25) is 0 Å². The molecule has 0 radical (unpaired) electrons. The van der Waals surface area contributed by atoms with E-state index in [1.54, 1.807) is 0 Å². The highest BCUT2D eigenvalue weighted by atomic mass is 19.4. The van der Waals surface area contributed by atoms with Crippen LogP contribution in [0.25, 0.3) is 0 Å². The van der Waals surface area contributed by atoms with Crippen LogP contribution >= 0.6 is 0 Å². The molecule has 1 fully saturated rings. The van der Waals surface area contributed by atoms with Crippen LogP contribution in [0.4, 0.5) is 13.2 Å². The fourth-order valence-corrected chi connectivity index (χ4v) is 1.69. The number of aliphatic carboxylic acids is 1. The number of carbonyl (C=O) groups is 2. The summed E-state index contributed by atoms with van der Waals surface area (Å²) in [6, 6.07) is 0. The number of amides is 1. The van der Waals surface area contributed by atoms with Crippen molar-refractivity contribution in [2.45, 2.75) is 19.0 Å². The Morgan fingerprint density at radius 1 is 1.24 bits per heavy atom. The highest BCUT2D eigenvalue weighted by Crippen LogP contribution is 2.24. The first-order valence-electron chi connectivity index (χ1n) is 5.08. The lowest BCUT2D eigenvalue weighted by atomic mass is 9.96. The van der Waals surface area contributed by atoms with Gasteiger partial charge in [-0.15, -0.1) is 0 Å². The molecule has 17 heavy (non-hydrogen) atoms. The van der Waals surface area contributed by atoms with Gasteiger partial charge >= 0.3 is 18.1 Å². The minimum absolute atomic E-state index is 0.00691. The van der Waals surface area contributed by atoms with E-state index in [4.69, 9.17) is 5.11 Å². The number of carbonyl (C=O) groups excluding carboxylic acids is 1. The number of carboxylic acids is 1. The van der Waals surface area contributed by atoms with Crippen molar-refractivity contribution in [3.8, 4) is 0 Å². The molecule has 1 amide bonds. The molecule has 7 heteroatoms. The first kappa shape index (κ1) is 13.5. The molecule has 0 aromatic heterocycles. The van der Waals surface area contributed by atoms with Crippen LogP contribution in [-0.2, 0) is 9.59 Å². The topological polar surface area (TPSA) is 57.6 Å². The molecule has 1 saturated heterocycles. The molecule has 0 bridgehead atoms. The van der Waals surface area contributed by atoms with Crippen molar-refractivity contribution in [3.05, 3.63) is 12.2 Å². The standard InChI is InChI=1S/C10H12F3NO3/c11-10(12,13)9(17)14-5-3-7(4-6-14)1-2-8(15)16/h1-2,7H,3-6H2,(H,15,16)/b2-1+. The molecule has 0 aromatic carbocycles. The molecule has 1 aliphatic heterocycles. The zero-order chi connectivity index (χ0) is 13.1. The second-order valence-electron chi connectivity index (χ2n) is 3.82. The largest absolute Gasteiger partial charge is 0.478 e. The second kappa shape index (κ2) is 5.20. The molecule has 0 saturated carbocycles.